The second-order valence-corrected chi connectivity index (χ2v) is 6.82. The van der Waals surface area contributed by atoms with Crippen molar-refractivity contribution < 1.29 is 4.79 Å². The van der Waals surface area contributed by atoms with Crippen LogP contribution in [0.1, 0.15) is 30.0 Å². The van der Waals surface area contributed by atoms with Gasteiger partial charge in [-0.25, -0.2) is 9.67 Å². The first-order valence-electron chi connectivity index (χ1n) is 7.50. The molecule has 124 valence electrons. The molecular weight excluding hydrogens is 347 g/mol. The average molecular weight is 363 g/mol. The second-order valence-electron chi connectivity index (χ2n) is 5.98. The van der Waals surface area contributed by atoms with E-state index in [1.165, 1.54) is 0 Å². The van der Waals surface area contributed by atoms with Gasteiger partial charge in [0.05, 0.1) is 21.9 Å². The van der Waals surface area contributed by atoms with E-state index >= 15 is 0 Å². The monoisotopic (exact) mass is 362 g/mol. The summed E-state index contributed by atoms with van der Waals surface area (Å²) in [6.45, 7) is 4.19. The number of primary amides is 1. The van der Waals surface area contributed by atoms with E-state index in [1.54, 1.807) is 35.0 Å². The summed E-state index contributed by atoms with van der Waals surface area (Å²) in [5, 5.41) is 5.71. The van der Waals surface area contributed by atoms with Gasteiger partial charge in [-0.3, -0.25) is 4.79 Å². The van der Waals surface area contributed by atoms with Crippen LogP contribution in [0.25, 0.3) is 16.7 Å². The molecule has 1 amide bonds. The van der Waals surface area contributed by atoms with Crippen LogP contribution in [0.2, 0.25) is 10.0 Å². The molecule has 24 heavy (non-hydrogen) atoms. The molecule has 2 N–H and O–H groups in total. The highest BCUT2D eigenvalue weighted by molar-refractivity contribution is 6.35. The molecule has 5 nitrogen and oxygen atoms in total. The van der Waals surface area contributed by atoms with Crippen LogP contribution in [-0.2, 0) is 6.42 Å². The van der Waals surface area contributed by atoms with E-state index in [2.05, 4.69) is 23.9 Å². The molecule has 0 aliphatic rings. The lowest BCUT2D eigenvalue weighted by atomic mass is 10.1. The second kappa shape index (κ2) is 6.42. The lowest BCUT2D eigenvalue weighted by molar-refractivity contribution is 0.0996. The summed E-state index contributed by atoms with van der Waals surface area (Å²) < 4.78 is 1.73. The Labute approximate surface area is 149 Å². The lowest BCUT2D eigenvalue weighted by Crippen LogP contribution is -2.13. The summed E-state index contributed by atoms with van der Waals surface area (Å²) in [6.07, 6.45) is 0.726. The molecule has 0 aliphatic carbocycles. The first-order valence-corrected chi connectivity index (χ1v) is 8.26. The topological polar surface area (TPSA) is 73.8 Å². The van der Waals surface area contributed by atoms with Gasteiger partial charge in [0.25, 0.3) is 5.91 Å². The maximum atomic E-state index is 11.4. The van der Waals surface area contributed by atoms with Gasteiger partial charge in [0, 0.05) is 5.02 Å². The van der Waals surface area contributed by atoms with Crippen molar-refractivity contribution in [1.82, 2.24) is 14.8 Å². The molecule has 0 unspecified atom stereocenters. The van der Waals surface area contributed by atoms with E-state index in [0.717, 1.165) is 17.6 Å². The molecule has 3 rings (SSSR count). The minimum atomic E-state index is -0.565. The fraction of sp³-hybridized carbons (Fsp3) is 0.235. The van der Waals surface area contributed by atoms with Crippen molar-refractivity contribution >= 4 is 40.1 Å². The zero-order chi connectivity index (χ0) is 17.4. The van der Waals surface area contributed by atoms with Crippen LogP contribution in [0.15, 0.2) is 30.3 Å². The molecule has 0 fully saturated rings. The molecule has 2 aromatic heterocycles. The first-order chi connectivity index (χ1) is 11.4. The third-order valence-corrected chi connectivity index (χ3v) is 4.13. The van der Waals surface area contributed by atoms with Gasteiger partial charge in [-0.1, -0.05) is 37.0 Å². The first kappa shape index (κ1) is 16.7. The fourth-order valence-corrected chi connectivity index (χ4v) is 3.04. The highest BCUT2D eigenvalue weighted by atomic mass is 35.5. The van der Waals surface area contributed by atoms with Crippen LogP contribution in [0, 0.1) is 5.92 Å². The number of halogens is 2. The van der Waals surface area contributed by atoms with E-state index in [-0.39, 0.29) is 5.69 Å². The van der Waals surface area contributed by atoms with E-state index < -0.39 is 5.91 Å². The third kappa shape index (κ3) is 3.09. The number of amides is 1. The molecule has 3 aromatic rings. The normalized spacial score (nSPS) is 11.4. The summed E-state index contributed by atoms with van der Waals surface area (Å²) >= 11 is 12.3. The molecule has 0 bridgehead atoms. The highest BCUT2D eigenvalue weighted by Gasteiger charge is 2.17. The summed E-state index contributed by atoms with van der Waals surface area (Å²) in [5.74, 6) is -0.180. The predicted molar refractivity (Wildman–Crippen MR) is 95.9 cm³/mol. The van der Waals surface area contributed by atoms with E-state index in [1.807, 2.05) is 0 Å². The number of nitrogens with two attached hydrogens (primary N) is 1. The number of nitrogens with zero attached hydrogens (tertiary/aromatic N) is 3. The summed E-state index contributed by atoms with van der Waals surface area (Å²) in [4.78, 5) is 15.8. The minimum absolute atomic E-state index is 0.217. The molecule has 0 radical (unpaired) electrons. The molecule has 0 spiro atoms. The molecule has 7 heteroatoms. The standard InChI is InChI=1S/C17H16Cl2N4O/c1-9(2)7-13-16-15(6-4-12(21-16)17(20)24)23(22-13)14-5-3-10(18)8-11(14)19/h3-6,8-9H,7H2,1-2H3,(H2,20,24). The average Bonchev–Trinajstić information content (AvgIpc) is 2.84. The van der Waals surface area contributed by atoms with Crippen molar-refractivity contribution in [2.75, 3.05) is 0 Å². The predicted octanol–water partition coefficient (Wildman–Crippen LogP) is 4.02. The molecular formula is C17H16Cl2N4O. The van der Waals surface area contributed by atoms with E-state index in [0.29, 0.717) is 27.2 Å². The van der Waals surface area contributed by atoms with Gasteiger partial charge >= 0.3 is 0 Å². The Morgan fingerprint density at radius 3 is 2.62 bits per heavy atom. The lowest BCUT2D eigenvalue weighted by Gasteiger charge is -2.06. The van der Waals surface area contributed by atoms with Gasteiger partial charge in [0.1, 0.15) is 11.2 Å². The number of pyridine rings is 1. The number of hydrogen-bond donors (Lipinski definition) is 1. The van der Waals surface area contributed by atoms with Crippen molar-refractivity contribution in [3.8, 4) is 5.69 Å². The van der Waals surface area contributed by atoms with Gasteiger partial charge in [-0.2, -0.15) is 5.10 Å². The number of hydrogen-bond acceptors (Lipinski definition) is 3. The number of aromatic nitrogens is 3. The Morgan fingerprint density at radius 1 is 1.25 bits per heavy atom. The largest absolute Gasteiger partial charge is 0.364 e. The van der Waals surface area contributed by atoms with E-state index in [9.17, 15) is 4.79 Å². The minimum Gasteiger partial charge on any atom is -0.364 e. The van der Waals surface area contributed by atoms with Gasteiger partial charge in [-0.05, 0) is 42.7 Å². The number of benzene rings is 1. The molecule has 1 aromatic carbocycles. The Hall–Kier alpha value is -2.11. The molecule has 0 atom stereocenters. The van der Waals surface area contributed by atoms with Crippen molar-refractivity contribution in [1.29, 1.82) is 0 Å². The summed E-state index contributed by atoms with van der Waals surface area (Å²) in [7, 11) is 0. The van der Waals surface area contributed by atoms with Crippen LogP contribution in [0.3, 0.4) is 0 Å². The van der Waals surface area contributed by atoms with Gasteiger partial charge < -0.3 is 5.73 Å². The van der Waals surface area contributed by atoms with Crippen molar-refractivity contribution in [2.24, 2.45) is 11.7 Å². The van der Waals surface area contributed by atoms with Crippen LogP contribution in [0.5, 0.6) is 0 Å². The van der Waals surface area contributed by atoms with Crippen LogP contribution < -0.4 is 5.73 Å². The highest BCUT2D eigenvalue weighted by Crippen LogP contribution is 2.29. The Bertz CT molecular complexity index is 934. The maximum absolute atomic E-state index is 11.4. The van der Waals surface area contributed by atoms with Crippen LogP contribution >= 0.6 is 23.2 Å². The Kier molecular flexibility index (Phi) is 4.47. The fourth-order valence-electron chi connectivity index (χ4n) is 2.56. The van der Waals surface area contributed by atoms with Crippen LogP contribution in [0.4, 0.5) is 0 Å². The molecule has 0 saturated carbocycles. The number of fused-ring (bicyclic) bond motifs is 1. The quantitative estimate of drug-likeness (QED) is 0.761. The van der Waals surface area contributed by atoms with Gasteiger partial charge in [-0.15, -0.1) is 0 Å². The zero-order valence-corrected chi connectivity index (χ0v) is 14.8. The maximum Gasteiger partial charge on any atom is 0.267 e. The SMILES string of the molecule is CC(C)Cc1nn(-c2ccc(Cl)cc2Cl)c2ccc(C(N)=O)nc12. The summed E-state index contributed by atoms with van der Waals surface area (Å²) in [6, 6.07) is 8.59. The Balaban J connectivity index is 2.26. The number of carbonyl (C=O) groups is 1. The van der Waals surface area contributed by atoms with Crippen LogP contribution in [-0.4, -0.2) is 20.7 Å². The van der Waals surface area contributed by atoms with Gasteiger partial charge in [0.15, 0.2) is 0 Å². The van der Waals surface area contributed by atoms with Crippen molar-refractivity contribution in [3.05, 3.63) is 51.8 Å². The summed E-state index contributed by atoms with van der Waals surface area (Å²) in [5.41, 5.74) is 8.49. The number of rotatable bonds is 4. The van der Waals surface area contributed by atoms with Crippen molar-refractivity contribution in [3.63, 3.8) is 0 Å². The molecule has 2 heterocycles. The van der Waals surface area contributed by atoms with E-state index in [4.69, 9.17) is 28.9 Å². The van der Waals surface area contributed by atoms with Crippen molar-refractivity contribution in [2.45, 2.75) is 20.3 Å². The van der Waals surface area contributed by atoms with Gasteiger partial charge in [0.2, 0.25) is 0 Å². The number of carbonyl (C=O) groups excluding carboxylic acids is 1. The Morgan fingerprint density at radius 2 is 2.00 bits per heavy atom. The molecule has 0 aliphatic heterocycles. The zero-order valence-electron chi connectivity index (χ0n) is 13.3. The third-order valence-electron chi connectivity index (χ3n) is 3.59. The molecule has 0 saturated heterocycles. The smallest absolute Gasteiger partial charge is 0.267 e.